The van der Waals surface area contributed by atoms with E-state index in [4.69, 9.17) is 10.7 Å². The molecule has 0 atom stereocenters. The molecular weight excluding hydrogens is 420 g/mol. The van der Waals surface area contributed by atoms with E-state index in [9.17, 15) is 14.7 Å². The predicted octanol–water partition coefficient (Wildman–Crippen LogP) is 3.75. The summed E-state index contributed by atoms with van der Waals surface area (Å²) >= 11 is 0. The SMILES string of the molecule is CC(=O)c1c(N)n2ncc(-c3ccc(C4=CCC=N4)nc3)c2nc1[C@H]1CC[C@H](C(=O)O)CC1. The average molecular weight is 444 g/mol. The predicted molar refractivity (Wildman–Crippen MR) is 124 cm³/mol. The molecule has 1 saturated carbocycles. The average Bonchev–Trinajstić information content (AvgIpc) is 3.49. The number of anilines is 1. The maximum absolute atomic E-state index is 12.5. The molecule has 0 spiro atoms. The minimum atomic E-state index is -0.767. The molecule has 0 saturated heterocycles. The summed E-state index contributed by atoms with van der Waals surface area (Å²) in [6.45, 7) is 1.47. The topological polar surface area (TPSA) is 136 Å². The van der Waals surface area contributed by atoms with Crippen molar-refractivity contribution in [3.05, 3.63) is 47.6 Å². The number of pyridine rings is 1. The largest absolute Gasteiger partial charge is 0.481 e. The lowest BCUT2D eigenvalue weighted by Gasteiger charge is -2.27. The molecule has 0 amide bonds. The summed E-state index contributed by atoms with van der Waals surface area (Å²) in [5, 5.41) is 13.7. The molecule has 3 aromatic heterocycles. The van der Waals surface area contributed by atoms with Gasteiger partial charge in [-0.3, -0.25) is 19.6 Å². The number of aromatic nitrogens is 4. The van der Waals surface area contributed by atoms with Gasteiger partial charge in [-0.25, -0.2) is 4.98 Å². The summed E-state index contributed by atoms with van der Waals surface area (Å²) in [5.41, 5.74) is 11.2. The second-order valence-electron chi connectivity index (χ2n) is 8.56. The number of nitrogens with two attached hydrogens (primary N) is 1. The molecule has 1 fully saturated rings. The zero-order valence-electron chi connectivity index (χ0n) is 18.2. The van der Waals surface area contributed by atoms with Crippen LogP contribution in [0.25, 0.3) is 22.5 Å². The Balaban J connectivity index is 1.56. The van der Waals surface area contributed by atoms with Gasteiger partial charge in [0.25, 0.3) is 0 Å². The molecule has 0 bridgehead atoms. The molecule has 5 rings (SSSR count). The first-order valence-corrected chi connectivity index (χ1v) is 11.0. The van der Waals surface area contributed by atoms with Crippen molar-refractivity contribution in [2.75, 3.05) is 5.73 Å². The van der Waals surface area contributed by atoms with Gasteiger partial charge in [-0.15, -0.1) is 0 Å². The van der Waals surface area contributed by atoms with Gasteiger partial charge in [0, 0.05) is 35.9 Å². The number of fused-ring (bicyclic) bond motifs is 1. The van der Waals surface area contributed by atoms with Crippen molar-refractivity contribution < 1.29 is 14.7 Å². The minimum Gasteiger partial charge on any atom is -0.481 e. The number of carbonyl (C=O) groups is 2. The van der Waals surface area contributed by atoms with E-state index in [1.54, 1.807) is 12.4 Å². The Hall–Kier alpha value is -3.88. The van der Waals surface area contributed by atoms with Crippen LogP contribution in [0.5, 0.6) is 0 Å². The van der Waals surface area contributed by atoms with Crippen molar-refractivity contribution in [3.8, 4) is 11.1 Å². The molecule has 33 heavy (non-hydrogen) atoms. The number of nitrogens with zero attached hydrogens (tertiary/aromatic N) is 5. The van der Waals surface area contributed by atoms with Gasteiger partial charge in [0.15, 0.2) is 11.4 Å². The highest BCUT2D eigenvalue weighted by Crippen LogP contribution is 2.39. The van der Waals surface area contributed by atoms with Crippen molar-refractivity contribution in [1.82, 2.24) is 19.6 Å². The van der Waals surface area contributed by atoms with Crippen LogP contribution in [0.1, 0.15) is 66.7 Å². The van der Waals surface area contributed by atoms with E-state index in [2.05, 4.69) is 15.1 Å². The number of allylic oxidation sites excluding steroid dienone is 1. The molecule has 168 valence electrons. The van der Waals surface area contributed by atoms with E-state index in [1.165, 1.54) is 11.4 Å². The van der Waals surface area contributed by atoms with Crippen molar-refractivity contribution in [2.45, 2.75) is 44.9 Å². The summed E-state index contributed by atoms with van der Waals surface area (Å²) in [7, 11) is 0. The molecule has 1 aliphatic carbocycles. The standard InChI is InChI=1S/C24H24N6O3/c1-13(31)20-21(14-4-6-15(7-5-14)24(32)33)29-23-17(12-28-30(23)22(20)25)16-8-9-19(27-11-16)18-3-2-10-26-18/h3,8-12,14-15H,2,4-7,25H2,1H3,(H,32,33)/t14-,15-. The van der Waals surface area contributed by atoms with Crippen LogP contribution in [0.4, 0.5) is 5.82 Å². The first kappa shape index (κ1) is 21.0. The zero-order chi connectivity index (χ0) is 23.1. The first-order chi connectivity index (χ1) is 15.9. The van der Waals surface area contributed by atoms with E-state index >= 15 is 0 Å². The van der Waals surface area contributed by atoms with Crippen molar-refractivity contribution in [1.29, 1.82) is 0 Å². The molecule has 3 aromatic rings. The summed E-state index contributed by atoms with van der Waals surface area (Å²) < 4.78 is 1.50. The Morgan fingerprint density at radius 2 is 1.94 bits per heavy atom. The van der Waals surface area contributed by atoms with Crippen LogP contribution >= 0.6 is 0 Å². The monoisotopic (exact) mass is 444 g/mol. The molecule has 2 aliphatic rings. The quantitative estimate of drug-likeness (QED) is 0.572. The van der Waals surface area contributed by atoms with Crippen molar-refractivity contribution >= 4 is 35.1 Å². The fraction of sp³-hybridized carbons (Fsp3) is 0.333. The molecule has 3 N–H and O–H groups in total. The van der Waals surface area contributed by atoms with Crippen LogP contribution in [-0.4, -0.2) is 42.7 Å². The lowest BCUT2D eigenvalue weighted by Crippen LogP contribution is -2.23. The van der Waals surface area contributed by atoms with Gasteiger partial charge in [-0.2, -0.15) is 9.61 Å². The van der Waals surface area contributed by atoms with Crippen LogP contribution in [-0.2, 0) is 4.79 Å². The third kappa shape index (κ3) is 3.69. The highest BCUT2D eigenvalue weighted by atomic mass is 16.4. The van der Waals surface area contributed by atoms with E-state index in [-0.39, 0.29) is 23.4 Å². The normalized spacial score (nSPS) is 20.2. The van der Waals surface area contributed by atoms with Crippen LogP contribution in [0.3, 0.4) is 0 Å². The number of carboxylic acids is 1. The number of rotatable bonds is 5. The zero-order valence-corrected chi connectivity index (χ0v) is 18.2. The second-order valence-corrected chi connectivity index (χ2v) is 8.56. The second kappa shape index (κ2) is 8.23. The number of ketones is 1. The summed E-state index contributed by atoms with van der Waals surface area (Å²) in [4.78, 5) is 37.6. The Labute approximate surface area is 190 Å². The van der Waals surface area contributed by atoms with E-state index in [0.29, 0.717) is 42.6 Å². The molecule has 1 aliphatic heterocycles. The molecule has 0 unspecified atom stereocenters. The van der Waals surface area contributed by atoms with Crippen LogP contribution in [0.2, 0.25) is 0 Å². The van der Waals surface area contributed by atoms with Gasteiger partial charge >= 0.3 is 5.97 Å². The van der Waals surface area contributed by atoms with Gasteiger partial charge in [-0.1, -0.05) is 12.1 Å². The molecule has 9 heteroatoms. The van der Waals surface area contributed by atoms with Crippen LogP contribution in [0.15, 0.2) is 35.6 Å². The number of aliphatic carboxylic acids is 1. The van der Waals surface area contributed by atoms with Gasteiger partial charge in [0.1, 0.15) is 5.82 Å². The summed E-state index contributed by atoms with van der Waals surface area (Å²) in [5.74, 6) is -1.06. The number of aliphatic imine (C=N–C) groups is 1. The molecule has 0 radical (unpaired) electrons. The molecular formula is C24H24N6O3. The third-order valence-electron chi connectivity index (χ3n) is 6.51. The summed E-state index contributed by atoms with van der Waals surface area (Å²) in [6, 6.07) is 3.86. The Kier molecular flexibility index (Phi) is 5.24. The lowest BCUT2D eigenvalue weighted by atomic mass is 9.79. The minimum absolute atomic E-state index is 0.0257. The number of hydrogen-bond donors (Lipinski definition) is 2. The number of Topliss-reactive ketones (excluding diaryl/α,β-unsaturated/α-hetero) is 1. The highest BCUT2D eigenvalue weighted by Gasteiger charge is 2.31. The Morgan fingerprint density at radius 3 is 2.55 bits per heavy atom. The van der Waals surface area contributed by atoms with E-state index in [1.807, 2.05) is 24.4 Å². The van der Waals surface area contributed by atoms with Gasteiger partial charge in [0.05, 0.1) is 34.8 Å². The van der Waals surface area contributed by atoms with Gasteiger partial charge < -0.3 is 10.8 Å². The molecule has 0 aromatic carbocycles. The van der Waals surface area contributed by atoms with Gasteiger partial charge in [0.2, 0.25) is 0 Å². The number of nitrogen functional groups attached to an aromatic ring is 1. The summed E-state index contributed by atoms with van der Waals surface area (Å²) in [6.07, 6.45) is 10.5. The number of carbonyl (C=O) groups excluding carboxylic acids is 1. The molecule has 4 heterocycles. The lowest BCUT2D eigenvalue weighted by molar-refractivity contribution is -0.142. The number of hydrogen-bond acceptors (Lipinski definition) is 7. The fourth-order valence-electron chi connectivity index (χ4n) is 4.75. The first-order valence-electron chi connectivity index (χ1n) is 11.0. The van der Waals surface area contributed by atoms with Gasteiger partial charge in [-0.05, 0) is 38.7 Å². The fourth-order valence-corrected chi connectivity index (χ4v) is 4.75. The Bertz CT molecular complexity index is 1310. The van der Waals surface area contributed by atoms with Crippen LogP contribution in [0, 0.1) is 5.92 Å². The smallest absolute Gasteiger partial charge is 0.306 e. The third-order valence-corrected chi connectivity index (χ3v) is 6.51. The molecule has 9 nitrogen and oxygen atoms in total. The van der Waals surface area contributed by atoms with Crippen molar-refractivity contribution in [3.63, 3.8) is 0 Å². The van der Waals surface area contributed by atoms with Crippen molar-refractivity contribution in [2.24, 2.45) is 10.9 Å². The number of carboxylic acid groups (broad SMARTS) is 1. The maximum atomic E-state index is 12.5. The maximum Gasteiger partial charge on any atom is 0.306 e. The van der Waals surface area contributed by atoms with E-state index < -0.39 is 5.97 Å². The van der Waals surface area contributed by atoms with Crippen LogP contribution < -0.4 is 5.73 Å². The Morgan fingerprint density at radius 1 is 1.15 bits per heavy atom. The van der Waals surface area contributed by atoms with E-state index in [0.717, 1.165) is 28.9 Å². The highest BCUT2D eigenvalue weighted by molar-refractivity contribution is 6.00.